The summed E-state index contributed by atoms with van der Waals surface area (Å²) in [5.41, 5.74) is 0.537. The van der Waals surface area contributed by atoms with Crippen molar-refractivity contribution in [2.45, 2.75) is 39.2 Å². The minimum Gasteiger partial charge on any atom is -0.296 e. The van der Waals surface area contributed by atoms with Crippen LogP contribution in [0.15, 0.2) is 30.3 Å². The van der Waals surface area contributed by atoms with Gasteiger partial charge in [-0.05, 0) is 42.4 Å². The monoisotopic (exact) mass is 290 g/mol. The minimum atomic E-state index is -0.541. The Labute approximate surface area is 128 Å². The molecule has 1 atom stereocenters. The summed E-state index contributed by atoms with van der Waals surface area (Å²) < 4.78 is 0. The zero-order chi connectivity index (χ0) is 14.8. The quantitative estimate of drug-likeness (QED) is 0.693. The van der Waals surface area contributed by atoms with Crippen molar-refractivity contribution >= 4 is 11.8 Å². The molecule has 0 aliphatic carbocycles. The van der Waals surface area contributed by atoms with Gasteiger partial charge >= 0.3 is 0 Å². The molecule has 0 bridgehead atoms. The van der Waals surface area contributed by atoms with Crippen molar-refractivity contribution < 1.29 is 0 Å². The molecule has 0 radical (unpaired) electrons. The van der Waals surface area contributed by atoms with Crippen LogP contribution in [0.4, 0.5) is 0 Å². The van der Waals surface area contributed by atoms with E-state index in [1.807, 2.05) is 42.1 Å². The normalized spacial score (nSPS) is 13.9. The first kappa shape index (κ1) is 17.1. The van der Waals surface area contributed by atoms with Gasteiger partial charge in [-0.2, -0.15) is 17.0 Å². The fraction of sp³-hybridized carbons (Fsp3) is 0.588. The lowest BCUT2D eigenvalue weighted by molar-refractivity contribution is 0.428. The van der Waals surface area contributed by atoms with Crippen molar-refractivity contribution in [2.24, 2.45) is 5.92 Å². The van der Waals surface area contributed by atoms with Crippen LogP contribution in [0, 0.1) is 17.2 Å². The zero-order valence-electron chi connectivity index (χ0n) is 12.9. The van der Waals surface area contributed by atoms with E-state index in [-0.39, 0.29) is 0 Å². The number of rotatable bonds is 9. The van der Waals surface area contributed by atoms with Crippen molar-refractivity contribution in [2.75, 3.05) is 18.1 Å². The lowest BCUT2D eigenvalue weighted by atomic mass is 9.88. The highest BCUT2D eigenvalue weighted by Gasteiger charge is 2.30. The van der Waals surface area contributed by atoms with E-state index in [2.05, 4.69) is 32.2 Å². The highest BCUT2D eigenvalue weighted by atomic mass is 32.2. The Morgan fingerprint density at radius 2 is 1.95 bits per heavy atom. The Morgan fingerprint density at radius 3 is 2.50 bits per heavy atom. The Morgan fingerprint density at radius 1 is 1.25 bits per heavy atom. The van der Waals surface area contributed by atoms with Gasteiger partial charge in [0.25, 0.3) is 0 Å². The maximum atomic E-state index is 9.68. The molecule has 110 valence electrons. The van der Waals surface area contributed by atoms with E-state index in [0.717, 1.165) is 30.2 Å². The summed E-state index contributed by atoms with van der Waals surface area (Å²) in [6.07, 6.45) is 2.10. The molecule has 1 aromatic rings. The highest BCUT2D eigenvalue weighted by Crippen LogP contribution is 2.26. The van der Waals surface area contributed by atoms with Gasteiger partial charge in [-0.25, -0.2) is 0 Å². The molecule has 1 aromatic carbocycles. The van der Waals surface area contributed by atoms with E-state index in [0.29, 0.717) is 0 Å². The van der Waals surface area contributed by atoms with Crippen LogP contribution >= 0.6 is 11.8 Å². The molecule has 0 amide bonds. The first-order valence-electron chi connectivity index (χ1n) is 7.44. The molecule has 0 aromatic heterocycles. The second-order valence-electron chi connectivity index (χ2n) is 5.46. The predicted octanol–water partition coefficient (Wildman–Crippen LogP) is 4.18. The Bertz CT molecular complexity index is 411. The Balaban J connectivity index is 2.63. The molecule has 0 heterocycles. The highest BCUT2D eigenvalue weighted by molar-refractivity contribution is 7.99. The molecule has 0 aliphatic rings. The first-order chi connectivity index (χ1) is 9.64. The Hall–Kier alpha value is -0.980. The van der Waals surface area contributed by atoms with Gasteiger partial charge in [-0.15, -0.1) is 0 Å². The number of nitriles is 1. The lowest BCUT2D eigenvalue weighted by Gasteiger charge is -2.28. The van der Waals surface area contributed by atoms with Gasteiger partial charge in [-0.1, -0.05) is 51.1 Å². The molecule has 0 fully saturated rings. The number of hydrogen-bond acceptors (Lipinski definition) is 3. The summed E-state index contributed by atoms with van der Waals surface area (Å²) in [6, 6.07) is 12.6. The average Bonchev–Trinajstić information content (AvgIpc) is 2.46. The van der Waals surface area contributed by atoms with Gasteiger partial charge in [0, 0.05) is 0 Å². The standard InChI is InChI=1S/C17H26N2S/c1-4-19-17(14-18,16-8-6-5-7-9-16)11-13-20-12-10-15(2)3/h5-9,15,19H,4,10-13H2,1-3H3. The average molecular weight is 290 g/mol. The molecule has 1 N–H and O–H groups in total. The molecule has 0 saturated heterocycles. The fourth-order valence-electron chi connectivity index (χ4n) is 2.17. The molecule has 20 heavy (non-hydrogen) atoms. The molecule has 1 unspecified atom stereocenters. The van der Waals surface area contributed by atoms with Crippen molar-refractivity contribution in [1.82, 2.24) is 5.32 Å². The maximum absolute atomic E-state index is 9.68. The van der Waals surface area contributed by atoms with E-state index < -0.39 is 5.54 Å². The van der Waals surface area contributed by atoms with Gasteiger partial charge in [-0.3, -0.25) is 5.32 Å². The fourth-order valence-corrected chi connectivity index (χ4v) is 3.46. The van der Waals surface area contributed by atoms with Crippen LogP contribution in [0.3, 0.4) is 0 Å². The molecule has 0 spiro atoms. The lowest BCUT2D eigenvalue weighted by Crippen LogP contribution is -2.41. The second-order valence-corrected chi connectivity index (χ2v) is 6.68. The van der Waals surface area contributed by atoms with Crippen LogP contribution < -0.4 is 5.32 Å². The van der Waals surface area contributed by atoms with Crippen molar-refractivity contribution in [3.05, 3.63) is 35.9 Å². The van der Waals surface area contributed by atoms with Crippen LogP contribution in [0.1, 0.15) is 39.2 Å². The second kappa shape index (κ2) is 9.05. The van der Waals surface area contributed by atoms with Crippen LogP contribution in [-0.2, 0) is 5.54 Å². The molecule has 3 heteroatoms. The van der Waals surface area contributed by atoms with Gasteiger partial charge in [0.1, 0.15) is 5.54 Å². The van der Waals surface area contributed by atoms with Crippen molar-refractivity contribution in [3.63, 3.8) is 0 Å². The van der Waals surface area contributed by atoms with E-state index in [4.69, 9.17) is 0 Å². The molecular weight excluding hydrogens is 264 g/mol. The van der Waals surface area contributed by atoms with E-state index in [1.54, 1.807) is 0 Å². The van der Waals surface area contributed by atoms with E-state index in [1.165, 1.54) is 12.2 Å². The summed E-state index contributed by atoms with van der Waals surface area (Å²) in [4.78, 5) is 0. The Kier molecular flexibility index (Phi) is 7.72. The predicted molar refractivity (Wildman–Crippen MR) is 88.8 cm³/mol. The molecule has 0 aliphatic heterocycles. The largest absolute Gasteiger partial charge is 0.296 e. The summed E-state index contributed by atoms with van der Waals surface area (Å²) in [6.45, 7) is 7.37. The number of nitrogens with zero attached hydrogens (tertiary/aromatic N) is 1. The van der Waals surface area contributed by atoms with Gasteiger partial charge in [0.15, 0.2) is 0 Å². The smallest absolute Gasteiger partial charge is 0.133 e. The summed E-state index contributed by atoms with van der Waals surface area (Å²) in [5.74, 6) is 2.95. The van der Waals surface area contributed by atoms with E-state index in [9.17, 15) is 5.26 Å². The van der Waals surface area contributed by atoms with Crippen molar-refractivity contribution in [1.29, 1.82) is 5.26 Å². The first-order valence-corrected chi connectivity index (χ1v) is 8.59. The number of hydrogen-bond donors (Lipinski definition) is 1. The van der Waals surface area contributed by atoms with Crippen LogP contribution in [0.25, 0.3) is 0 Å². The van der Waals surface area contributed by atoms with Gasteiger partial charge < -0.3 is 0 Å². The third-order valence-electron chi connectivity index (χ3n) is 3.40. The zero-order valence-corrected chi connectivity index (χ0v) is 13.7. The molecule has 0 saturated carbocycles. The molecule has 1 rings (SSSR count). The maximum Gasteiger partial charge on any atom is 0.133 e. The van der Waals surface area contributed by atoms with Crippen LogP contribution in [-0.4, -0.2) is 18.1 Å². The molecular formula is C17H26N2S. The summed E-state index contributed by atoms with van der Waals surface area (Å²) >= 11 is 1.95. The topological polar surface area (TPSA) is 35.8 Å². The van der Waals surface area contributed by atoms with Crippen LogP contribution in [0.5, 0.6) is 0 Å². The van der Waals surface area contributed by atoms with Crippen molar-refractivity contribution in [3.8, 4) is 6.07 Å². The number of thioether (sulfide) groups is 1. The van der Waals surface area contributed by atoms with Gasteiger partial charge in [0.05, 0.1) is 6.07 Å². The number of benzene rings is 1. The summed E-state index contributed by atoms with van der Waals surface area (Å²) in [5, 5.41) is 13.1. The molecule has 2 nitrogen and oxygen atoms in total. The minimum absolute atomic E-state index is 0.541. The van der Waals surface area contributed by atoms with Gasteiger partial charge in [0.2, 0.25) is 0 Å². The van der Waals surface area contributed by atoms with E-state index >= 15 is 0 Å². The van der Waals surface area contributed by atoms with Crippen LogP contribution in [0.2, 0.25) is 0 Å². The SMILES string of the molecule is CCNC(C#N)(CCSCCC(C)C)c1ccccc1. The number of nitrogens with one attached hydrogen (secondary N) is 1. The summed E-state index contributed by atoms with van der Waals surface area (Å²) in [7, 11) is 0. The third-order valence-corrected chi connectivity index (χ3v) is 4.41. The third kappa shape index (κ3) is 5.19.